The van der Waals surface area contributed by atoms with Crippen molar-refractivity contribution in [3.63, 3.8) is 0 Å². The first-order chi connectivity index (χ1) is 12.6. The van der Waals surface area contributed by atoms with E-state index in [1.54, 1.807) is 25.3 Å². The number of hydrazone groups is 1. The summed E-state index contributed by atoms with van der Waals surface area (Å²) in [5, 5.41) is 5.18. The van der Waals surface area contributed by atoms with Crippen molar-refractivity contribution >= 4 is 18.0 Å². The lowest BCUT2D eigenvalue weighted by Gasteiger charge is -2.13. The first kappa shape index (κ1) is 16.4. The van der Waals surface area contributed by atoms with E-state index in [0.29, 0.717) is 17.1 Å². The molecule has 2 bridgehead atoms. The number of benzene rings is 1. The summed E-state index contributed by atoms with van der Waals surface area (Å²) >= 11 is 0. The maximum atomic E-state index is 12.7. The molecule has 26 heavy (non-hydrogen) atoms. The maximum absolute atomic E-state index is 12.7. The van der Waals surface area contributed by atoms with Crippen LogP contribution in [0.2, 0.25) is 0 Å². The van der Waals surface area contributed by atoms with Gasteiger partial charge in [0, 0.05) is 5.56 Å². The lowest BCUT2D eigenvalue weighted by atomic mass is 9.85. The molecule has 1 heterocycles. The van der Waals surface area contributed by atoms with E-state index in [4.69, 9.17) is 15.9 Å². The van der Waals surface area contributed by atoms with Crippen LogP contribution < -0.4 is 9.47 Å². The van der Waals surface area contributed by atoms with E-state index in [0.717, 1.165) is 11.4 Å². The molecule has 1 saturated carbocycles. The second-order valence-corrected chi connectivity index (χ2v) is 6.63. The van der Waals surface area contributed by atoms with Crippen molar-refractivity contribution in [3.8, 4) is 23.8 Å². The number of fused-ring (bicyclic) bond motifs is 5. The van der Waals surface area contributed by atoms with Gasteiger partial charge in [-0.25, -0.2) is 0 Å². The molecule has 3 aliphatic rings. The van der Waals surface area contributed by atoms with Crippen molar-refractivity contribution in [2.45, 2.75) is 6.42 Å². The highest BCUT2D eigenvalue weighted by Gasteiger charge is 2.59. The summed E-state index contributed by atoms with van der Waals surface area (Å²) in [6.07, 6.45) is 11.7. The van der Waals surface area contributed by atoms with E-state index in [-0.39, 0.29) is 42.1 Å². The Morgan fingerprint density at radius 2 is 1.96 bits per heavy atom. The Morgan fingerprint density at radius 1 is 1.27 bits per heavy atom. The molecule has 0 spiro atoms. The van der Waals surface area contributed by atoms with Crippen LogP contribution in [0.15, 0.2) is 35.5 Å². The highest BCUT2D eigenvalue weighted by atomic mass is 16.5. The first-order valence-electron chi connectivity index (χ1n) is 8.48. The number of rotatable bonds is 5. The molecule has 0 unspecified atom stereocenters. The second kappa shape index (κ2) is 6.34. The number of hydrogen-bond donors (Lipinski definition) is 0. The van der Waals surface area contributed by atoms with Crippen molar-refractivity contribution in [2.24, 2.45) is 28.8 Å². The fraction of sp³-hybridized carbons (Fsp3) is 0.350. The van der Waals surface area contributed by atoms with Crippen LogP contribution in [0.25, 0.3) is 0 Å². The number of allylic oxidation sites excluding steroid dienone is 2. The van der Waals surface area contributed by atoms with E-state index < -0.39 is 0 Å². The quantitative estimate of drug-likeness (QED) is 0.352. The van der Waals surface area contributed by atoms with Crippen molar-refractivity contribution < 1.29 is 19.1 Å². The third-order valence-corrected chi connectivity index (χ3v) is 5.29. The van der Waals surface area contributed by atoms with Crippen LogP contribution in [-0.4, -0.2) is 36.8 Å². The van der Waals surface area contributed by atoms with Crippen LogP contribution in [0.4, 0.5) is 0 Å². The maximum Gasteiger partial charge on any atom is 0.254 e. The first-order valence-corrected chi connectivity index (χ1v) is 8.48. The van der Waals surface area contributed by atoms with Crippen LogP contribution in [-0.2, 0) is 9.59 Å². The Balaban J connectivity index is 1.60. The minimum Gasteiger partial charge on any atom is -0.497 e. The summed E-state index contributed by atoms with van der Waals surface area (Å²) < 4.78 is 10.7. The van der Waals surface area contributed by atoms with Crippen LogP contribution in [0, 0.1) is 36.0 Å². The standard InChI is InChI=1S/C20H18N2O4/c1-3-8-26-16-7-6-15(25-2)10-14(16)11-21-22-19(23)17-12-4-5-13(9-12)18(17)20(22)24/h1,4-7,10-13,17-18H,8-9H2,2H3/b21-11-/t12-,13-,17-,18+/m0/s1. The zero-order chi connectivity index (χ0) is 18.3. The van der Waals surface area contributed by atoms with Gasteiger partial charge in [0.2, 0.25) is 0 Å². The van der Waals surface area contributed by atoms with Gasteiger partial charge in [0.15, 0.2) is 0 Å². The number of terminal acetylenes is 1. The SMILES string of the molecule is C#CCOc1ccc(OC)cc1/C=N\N1C(=O)[C@@H]2[C@H](C1=O)[C@H]1C=C[C@H]2C1. The normalized spacial score (nSPS) is 28.7. The van der Waals surface area contributed by atoms with E-state index in [1.165, 1.54) is 6.21 Å². The number of hydrogen-bond acceptors (Lipinski definition) is 5. The lowest BCUT2D eigenvalue weighted by Crippen LogP contribution is -2.28. The fourth-order valence-electron chi connectivity index (χ4n) is 4.13. The van der Waals surface area contributed by atoms with Gasteiger partial charge in [0.05, 0.1) is 25.2 Å². The molecule has 2 amide bonds. The zero-order valence-electron chi connectivity index (χ0n) is 14.3. The number of imide groups is 1. The number of carbonyl (C=O) groups excluding carboxylic acids is 2. The second-order valence-electron chi connectivity index (χ2n) is 6.63. The molecule has 1 saturated heterocycles. The van der Waals surface area contributed by atoms with E-state index in [1.807, 2.05) is 0 Å². The van der Waals surface area contributed by atoms with Crippen molar-refractivity contribution in [1.29, 1.82) is 0 Å². The molecule has 6 heteroatoms. The highest BCUT2D eigenvalue weighted by Crippen LogP contribution is 2.52. The average molecular weight is 350 g/mol. The van der Waals surface area contributed by atoms with Gasteiger partial charge in [0.1, 0.15) is 18.1 Å². The molecule has 132 valence electrons. The number of carbonyl (C=O) groups is 2. The largest absolute Gasteiger partial charge is 0.497 e. The van der Waals surface area contributed by atoms with Gasteiger partial charge in [0.25, 0.3) is 11.8 Å². The zero-order valence-corrected chi connectivity index (χ0v) is 14.3. The van der Waals surface area contributed by atoms with Gasteiger partial charge in [-0.2, -0.15) is 10.1 Å². The Hall–Kier alpha value is -3.07. The predicted molar refractivity (Wildman–Crippen MR) is 94.5 cm³/mol. The van der Waals surface area contributed by atoms with Gasteiger partial charge < -0.3 is 9.47 Å². The molecule has 0 radical (unpaired) electrons. The number of methoxy groups -OCH3 is 1. The van der Waals surface area contributed by atoms with Crippen molar-refractivity contribution in [1.82, 2.24) is 5.01 Å². The Morgan fingerprint density at radius 3 is 2.58 bits per heavy atom. The van der Waals surface area contributed by atoms with Gasteiger partial charge in [-0.1, -0.05) is 18.1 Å². The van der Waals surface area contributed by atoms with Gasteiger partial charge in [-0.3, -0.25) is 9.59 Å². The van der Waals surface area contributed by atoms with Gasteiger partial charge in [-0.05, 0) is 36.5 Å². The predicted octanol–water partition coefficient (Wildman–Crippen LogP) is 1.85. The molecule has 6 nitrogen and oxygen atoms in total. The summed E-state index contributed by atoms with van der Waals surface area (Å²) in [5.41, 5.74) is 0.582. The number of ether oxygens (including phenoxy) is 2. The molecular formula is C20H18N2O4. The highest BCUT2D eigenvalue weighted by molar-refractivity contribution is 6.06. The molecule has 1 aliphatic heterocycles. The van der Waals surface area contributed by atoms with Crippen LogP contribution in [0.5, 0.6) is 11.5 Å². The minimum absolute atomic E-state index is 0.105. The number of amides is 2. The van der Waals surface area contributed by atoms with Gasteiger partial charge >= 0.3 is 0 Å². The Kier molecular flexibility index (Phi) is 4.00. The fourth-order valence-corrected chi connectivity index (χ4v) is 4.13. The summed E-state index contributed by atoms with van der Waals surface area (Å²) in [6, 6.07) is 5.17. The lowest BCUT2D eigenvalue weighted by molar-refractivity contribution is -0.140. The van der Waals surface area contributed by atoms with E-state index in [9.17, 15) is 9.59 Å². The summed E-state index contributed by atoms with van der Waals surface area (Å²) in [6.45, 7) is 0.105. The van der Waals surface area contributed by atoms with Crippen LogP contribution >= 0.6 is 0 Å². The molecule has 1 aromatic rings. The van der Waals surface area contributed by atoms with E-state index >= 15 is 0 Å². The Bertz CT molecular complexity index is 837. The van der Waals surface area contributed by atoms with Crippen molar-refractivity contribution in [3.05, 3.63) is 35.9 Å². The summed E-state index contributed by atoms with van der Waals surface area (Å²) in [4.78, 5) is 25.3. The molecular weight excluding hydrogens is 332 g/mol. The summed E-state index contributed by atoms with van der Waals surface area (Å²) in [5.74, 6) is 2.87. The Labute approximate surface area is 151 Å². The third kappa shape index (κ3) is 2.48. The minimum atomic E-state index is -0.267. The molecule has 2 aliphatic carbocycles. The van der Waals surface area contributed by atoms with Crippen LogP contribution in [0.3, 0.4) is 0 Å². The third-order valence-electron chi connectivity index (χ3n) is 5.29. The van der Waals surface area contributed by atoms with Crippen LogP contribution in [0.1, 0.15) is 12.0 Å². The summed E-state index contributed by atoms with van der Waals surface area (Å²) in [7, 11) is 1.55. The molecule has 0 N–H and O–H groups in total. The average Bonchev–Trinajstić information content (AvgIpc) is 3.33. The molecule has 4 rings (SSSR count). The smallest absolute Gasteiger partial charge is 0.254 e. The monoisotopic (exact) mass is 350 g/mol. The van der Waals surface area contributed by atoms with Gasteiger partial charge in [-0.15, -0.1) is 6.42 Å². The molecule has 2 fully saturated rings. The molecule has 0 aromatic heterocycles. The van der Waals surface area contributed by atoms with Crippen molar-refractivity contribution in [2.75, 3.05) is 13.7 Å². The number of nitrogens with zero attached hydrogens (tertiary/aromatic N) is 2. The topological polar surface area (TPSA) is 68.2 Å². The molecule has 4 atom stereocenters. The molecule has 1 aromatic carbocycles. The van der Waals surface area contributed by atoms with E-state index in [2.05, 4.69) is 23.2 Å².